The Morgan fingerprint density at radius 1 is 1.26 bits per heavy atom. The zero-order valence-corrected chi connectivity index (χ0v) is 17.7. The van der Waals surface area contributed by atoms with Gasteiger partial charge in [-0.3, -0.25) is 9.69 Å². The topological polar surface area (TPSA) is 38.8 Å². The Bertz CT molecular complexity index is 925. The van der Waals surface area contributed by atoms with Gasteiger partial charge in [0.05, 0.1) is 17.7 Å². The highest BCUT2D eigenvalue weighted by atomic mass is 79.9. The lowest BCUT2D eigenvalue weighted by molar-refractivity contribution is -0.113. The summed E-state index contributed by atoms with van der Waals surface area (Å²) in [6.07, 6.45) is 3.47. The van der Waals surface area contributed by atoms with E-state index < -0.39 is 0 Å². The third-order valence-electron chi connectivity index (χ3n) is 3.74. The molecule has 3 rings (SSSR count). The van der Waals surface area contributed by atoms with E-state index in [1.165, 1.54) is 16.7 Å². The average molecular weight is 462 g/mol. The summed E-state index contributed by atoms with van der Waals surface area (Å²) < 4.78 is 12.2. The first kappa shape index (κ1) is 19.7. The van der Waals surface area contributed by atoms with Crippen molar-refractivity contribution in [2.45, 2.75) is 0 Å². The Labute approximate surface area is 176 Å². The molecule has 1 amide bonds. The van der Waals surface area contributed by atoms with E-state index in [4.69, 9.17) is 21.7 Å². The minimum Gasteiger partial charge on any atom is -0.497 e. The van der Waals surface area contributed by atoms with E-state index in [1.807, 2.05) is 30.3 Å². The Kier molecular flexibility index (Phi) is 6.36. The molecule has 7 heteroatoms. The van der Waals surface area contributed by atoms with E-state index in [0.717, 1.165) is 15.8 Å². The monoisotopic (exact) mass is 461 g/mol. The number of anilines is 1. The molecule has 2 aromatic rings. The molecule has 27 heavy (non-hydrogen) atoms. The lowest BCUT2D eigenvalue weighted by Gasteiger charge is -2.14. The molecule has 1 heterocycles. The standard InChI is InChI=1S/C20H16BrNO3S2/c1-3-10-25-17-9-4-14(21)11-13(17)12-18-19(23)22(20(26)27-18)15-5-7-16(24-2)8-6-15/h3-9,11-12H,1,10H2,2H3/b18-12-. The molecule has 0 radical (unpaired) electrons. The number of benzene rings is 2. The SMILES string of the molecule is C=CCOc1ccc(Br)cc1/C=C1\SC(=S)N(c2ccc(OC)cc2)C1=O. The lowest BCUT2D eigenvalue weighted by atomic mass is 10.2. The van der Waals surface area contributed by atoms with Gasteiger partial charge in [-0.2, -0.15) is 0 Å². The van der Waals surface area contributed by atoms with Crippen molar-refractivity contribution in [2.24, 2.45) is 0 Å². The molecule has 0 N–H and O–H groups in total. The molecule has 0 atom stereocenters. The van der Waals surface area contributed by atoms with Gasteiger partial charge < -0.3 is 9.47 Å². The van der Waals surface area contributed by atoms with Crippen molar-refractivity contribution in [3.63, 3.8) is 0 Å². The second-order valence-electron chi connectivity index (χ2n) is 5.50. The maximum Gasteiger partial charge on any atom is 0.270 e. The quantitative estimate of drug-likeness (QED) is 0.325. The van der Waals surface area contributed by atoms with Gasteiger partial charge in [-0.15, -0.1) is 0 Å². The fraction of sp³-hybridized carbons (Fsp3) is 0.100. The fourth-order valence-corrected chi connectivity index (χ4v) is 4.14. The average Bonchev–Trinajstić information content (AvgIpc) is 2.94. The van der Waals surface area contributed by atoms with Gasteiger partial charge >= 0.3 is 0 Å². The summed E-state index contributed by atoms with van der Waals surface area (Å²) in [4.78, 5) is 15.0. The normalized spacial score (nSPS) is 15.3. The molecular formula is C20H16BrNO3S2. The van der Waals surface area contributed by atoms with Crippen molar-refractivity contribution >= 4 is 61.9 Å². The summed E-state index contributed by atoms with van der Waals surface area (Å²) in [5.41, 5.74) is 1.50. The van der Waals surface area contributed by atoms with Crippen molar-refractivity contribution in [1.82, 2.24) is 0 Å². The number of thiocarbonyl (C=S) groups is 1. The van der Waals surface area contributed by atoms with Crippen molar-refractivity contribution < 1.29 is 14.3 Å². The number of thioether (sulfide) groups is 1. The highest BCUT2D eigenvalue weighted by molar-refractivity contribution is 9.10. The van der Waals surface area contributed by atoms with Crippen molar-refractivity contribution in [3.05, 3.63) is 70.1 Å². The fourth-order valence-electron chi connectivity index (χ4n) is 2.48. The predicted octanol–water partition coefficient (Wildman–Crippen LogP) is 5.43. The molecule has 0 aromatic heterocycles. The zero-order valence-electron chi connectivity index (χ0n) is 14.5. The van der Waals surface area contributed by atoms with Crippen LogP contribution in [-0.4, -0.2) is 23.9 Å². The van der Waals surface area contributed by atoms with E-state index in [-0.39, 0.29) is 5.91 Å². The Hall–Kier alpha value is -2.09. The van der Waals surface area contributed by atoms with Crippen LogP contribution in [0.25, 0.3) is 6.08 Å². The van der Waals surface area contributed by atoms with E-state index in [9.17, 15) is 4.79 Å². The van der Waals surface area contributed by atoms with Gasteiger partial charge in [0, 0.05) is 10.0 Å². The second-order valence-corrected chi connectivity index (χ2v) is 8.09. The summed E-state index contributed by atoms with van der Waals surface area (Å²) in [5.74, 6) is 1.23. The highest BCUT2D eigenvalue weighted by Gasteiger charge is 2.33. The third kappa shape index (κ3) is 4.43. The van der Waals surface area contributed by atoms with E-state index >= 15 is 0 Å². The van der Waals surface area contributed by atoms with Gasteiger partial charge in [-0.1, -0.05) is 52.6 Å². The maximum absolute atomic E-state index is 12.9. The first-order valence-electron chi connectivity index (χ1n) is 7.98. The first-order valence-corrected chi connectivity index (χ1v) is 10.0. The van der Waals surface area contributed by atoms with Crippen molar-refractivity contribution in [2.75, 3.05) is 18.6 Å². The molecule has 0 spiro atoms. The first-order chi connectivity index (χ1) is 13.0. The van der Waals surface area contributed by atoms with Crippen LogP contribution in [0.15, 0.2) is 64.5 Å². The van der Waals surface area contributed by atoms with Gasteiger partial charge in [-0.25, -0.2) is 0 Å². The highest BCUT2D eigenvalue weighted by Crippen LogP contribution is 2.38. The molecule has 4 nitrogen and oxygen atoms in total. The Morgan fingerprint density at radius 2 is 2.00 bits per heavy atom. The molecule has 1 aliphatic rings. The molecule has 0 aliphatic carbocycles. The summed E-state index contributed by atoms with van der Waals surface area (Å²) in [6, 6.07) is 12.9. The summed E-state index contributed by atoms with van der Waals surface area (Å²) >= 11 is 10.1. The minimum atomic E-state index is -0.162. The molecule has 0 saturated carbocycles. The van der Waals surface area contributed by atoms with Gasteiger partial charge in [0.1, 0.15) is 18.1 Å². The largest absolute Gasteiger partial charge is 0.497 e. The van der Waals surface area contributed by atoms with Crippen LogP contribution in [0.4, 0.5) is 5.69 Å². The van der Waals surface area contributed by atoms with Crippen molar-refractivity contribution in [3.8, 4) is 11.5 Å². The van der Waals surface area contributed by atoms with Crippen LogP contribution in [0.5, 0.6) is 11.5 Å². The number of carbonyl (C=O) groups excluding carboxylic acids is 1. The van der Waals surface area contributed by atoms with E-state index in [0.29, 0.717) is 27.3 Å². The molecule has 1 aliphatic heterocycles. The van der Waals surface area contributed by atoms with Crippen LogP contribution in [0, 0.1) is 0 Å². The van der Waals surface area contributed by atoms with Crippen LogP contribution in [-0.2, 0) is 4.79 Å². The number of methoxy groups -OCH3 is 1. The van der Waals surface area contributed by atoms with Gasteiger partial charge in [0.2, 0.25) is 0 Å². The summed E-state index contributed by atoms with van der Waals surface area (Å²) in [6.45, 7) is 4.05. The van der Waals surface area contributed by atoms with Gasteiger partial charge in [0.15, 0.2) is 4.32 Å². The number of carbonyl (C=O) groups is 1. The van der Waals surface area contributed by atoms with E-state index in [2.05, 4.69) is 22.5 Å². The summed E-state index contributed by atoms with van der Waals surface area (Å²) in [5, 5.41) is 0. The number of nitrogens with zero attached hydrogens (tertiary/aromatic N) is 1. The van der Waals surface area contributed by atoms with Crippen LogP contribution >= 0.6 is 39.9 Å². The molecule has 1 saturated heterocycles. The zero-order chi connectivity index (χ0) is 19.4. The molecule has 138 valence electrons. The lowest BCUT2D eigenvalue weighted by Crippen LogP contribution is -2.27. The number of hydrogen-bond acceptors (Lipinski definition) is 5. The van der Waals surface area contributed by atoms with Crippen LogP contribution in [0.2, 0.25) is 0 Å². The van der Waals surface area contributed by atoms with Crippen LogP contribution < -0.4 is 14.4 Å². The van der Waals surface area contributed by atoms with Crippen LogP contribution in [0.3, 0.4) is 0 Å². The number of hydrogen-bond donors (Lipinski definition) is 0. The van der Waals surface area contributed by atoms with Gasteiger partial charge in [0.25, 0.3) is 5.91 Å². The smallest absolute Gasteiger partial charge is 0.270 e. The summed E-state index contributed by atoms with van der Waals surface area (Å²) in [7, 11) is 1.60. The van der Waals surface area contributed by atoms with Gasteiger partial charge in [-0.05, 0) is 48.5 Å². The number of halogens is 1. The number of amides is 1. The molecule has 0 unspecified atom stereocenters. The maximum atomic E-state index is 12.9. The third-order valence-corrected chi connectivity index (χ3v) is 5.53. The number of rotatable bonds is 6. The number of ether oxygens (including phenoxy) is 2. The predicted molar refractivity (Wildman–Crippen MR) is 118 cm³/mol. The Morgan fingerprint density at radius 3 is 2.67 bits per heavy atom. The Balaban J connectivity index is 1.92. The molecule has 2 aromatic carbocycles. The molecular weight excluding hydrogens is 446 g/mol. The molecule has 1 fully saturated rings. The van der Waals surface area contributed by atoms with Crippen molar-refractivity contribution in [1.29, 1.82) is 0 Å². The van der Waals surface area contributed by atoms with E-state index in [1.54, 1.807) is 31.4 Å². The molecule has 0 bridgehead atoms. The second kappa shape index (κ2) is 8.73. The van der Waals surface area contributed by atoms with Crippen LogP contribution in [0.1, 0.15) is 5.56 Å². The minimum absolute atomic E-state index is 0.162.